The van der Waals surface area contributed by atoms with Gasteiger partial charge < -0.3 is 29.5 Å². The van der Waals surface area contributed by atoms with Crippen molar-refractivity contribution in [1.82, 2.24) is 14.3 Å². The molecule has 172 valence electrons. The lowest BCUT2D eigenvalue weighted by atomic mass is 9.99. The van der Waals surface area contributed by atoms with E-state index in [9.17, 15) is 4.79 Å². The molecule has 0 bridgehead atoms. The van der Waals surface area contributed by atoms with Gasteiger partial charge in [0.15, 0.2) is 19.5 Å². The summed E-state index contributed by atoms with van der Waals surface area (Å²) in [6.07, 6.45) is 2.25. The van der Waals surface area contributed by atoms with Gasteiger partial charge in [0, 0.05) is 42.8 Å². The highest BCUT2D eigenvalue weighted by atomic mass is 16.6. The summed E-state index contributed by atoms with van der Waals surface area (Å²) in [6.45, 7) is 5.75. The van der Waals surface area contributed by atoms with Crippen molar-refractivity contribution in [2.24, 2.45) is 0 Å². The molecule has 2 aliphatic rings. The summed E-state index contributed by atoms with van der Waals surface area (Å²) in [5.74, 6) is 1.70. The number of likely N-dealkylation sites (tertiary alicyclic amines) is 1. The Morgan fingerprint density at radius 2 is 1.79 bits per heavy atom. The molecule has 8 heteroatoms. The lowest BCUT2D eigenvalue weighted by Gasteiger charge is -2.37. The van der Waals surface area contributed by atoms with E-state index in [0.29, 0.717) is 31.5 Å². The molecule has 3 heterocycles. The molecule has 3 aromatic rings. The number of hydrogen-bond donors (Lipinski definition) is 1. The molecule has 0 atom stereocenters. The van der Waals surface area contributed by atoms with E-state index in [-0.39, 0.29) is 5.56 Å². The molecule has 0 unspecified atom stereocenters. The van der Waals surface area contributed by atoms with Gasteiger partial charge in [-0.25, -0.2) is 0 Å². The van der Waals surface area contributed by atoms with E-state index < -0.39 is 0 Å². The van der Waals surface area contributed by atoms with Crippen LogP contribution in [0.5, 0.6) is 11.5 Å². The topological polar surface area (TPSA) is 73.0 Å². The molecule has 0 aliphatic carbocycles. The van der Waals surface area contributed by atoms with Crippen LogP contribution in [0.25, 0.3) is 10.9 Å². The summed E-state index contributed by atoms with van der Waals surface area (Å²) >= 11 is 0. The van der Waals surface area contributed by atoms with Crippen LogP contribution in [0.1, 0.15) is 18.4 Å². The highest BCUT2D eigenvalue weighted by molar-refractivity contribution is 6.04. The minimum Gasteiger partial charge on any atom is -0.486 e. The molecule has 2 N–H and O–H groups in total. The van der Waals surface area contributed by atoms with Crippen molar-refractivity contribution in [2.75, 3.05) is 38.6 Å². The van der Waals surface area contributed by atoms with Gasteiger partial charge in [-0.15, -0.1) is 0 Å². The number of fused-ring (bicyclic) bond motifs is 2. The Kier molecular flexibility index (Phi) is 6.29. The van der Waals surface area contributed by atoms with Crippen molar-refractivity contribution in [3.8, 4) is 11.5 Å². The molecule has 33 heavy (non-hydrogen) atoms. The maximum Gasteiger partial charge on any atom is 0.251 e. The largest absolute Gasteiger partial charge is 0.486 e. The first-order valence-electron chi connectivity index (χ1n) is 11.8. The van der Waals surface area contributed by atoms with Gasteiger partial charge in [0.2, 0.25) is 0 Å². The van der Waals surface area contributed by atoms with Gasteiger partial charge in [0.05, 0.1) is 5.52 Å². The summed E-state index contributed by atoms with van der Waals surface area (Å²) in [7, 11) is 2.21. The first-order chi connectivity index (χ1) is 16.1. The van der Waals surface area contributed by atoms with Crippen LogP contribution in [-0.2, 0) is 13.1 Å². The maximum absolute atomic E-state index is 12.5. The van der Waals surface area contributed by atoms with Gasteiger partial charge in [-0.05, 0) is 61.8 Å². The molecule has 5 rings (SSSR count). The van der Waals surface area contributed by atoms with Crippen LogP contribution in [0.15, 0.2) is 53.3 Å². The zero-order valence-electron chi connectivity index (χ0n) is 19.2. The highest BCUT2D eigenvalue weighted by Crippen LogP contribution is 2.31. The third-order valence-corrected chi connectivity index (χ3v) is 6.93. The number of nitrogens with two attached hydrogens (primary N) is 1. The molecule has 0 saturated carbocycles. The zero-order chi connectivity index (χ0) is 22.8. The molecule has 0 spiro atoms. The molecule has 1 aromatic heterocycles. The number of rotatable bonds is 6. The lowest BCUT2D eigenvalue weighted by molar-refractivity contribution is 0.153. The predicted octanol–water partition coefficient (Wildman–Crippen LogP) is 1.87. The normalized spacial score (nSPS) is 17.0. The van der Waals surface area contributed by atoms with E-state index in [1.54, 1.807) is 6.07 Å². The number of nitrogens with zero attached hydrogens (tertiary/aromatic N) is 3. The second kappa shape index (κ2) is 9.49. The number of aromatic nitrogens is 1. The molecule has 1 saturated heterocycles. The van der Waals surface area contributed by atoms with Crippen molar-refractivity contribution in [3.63, 3.8) is 0 Å². The molecular weight excluding hydrogens is 415 g/mol. The lowest BCUT2D eigenvalue weighted by Crippen LogP contribution is -2.44. The van der Waals surface area contributed by atoms with E-state index >= 15 is 0 Å². The predicted molar refractivity (Wildman–Crippen MR) is 134 cm³/mol. The van der Waals surface area contributed by atoms with Crippen molar-refractivity contribution < 1.29 is 9.47 Å². The number of benzene rings is 2. The SMILES string of the molecule is BN(Cc1ccc2c(c1)OCCO2)C1CCN(CCn2c(=O)ccc3c(N)cccc32)CC1. The van der Waals surface area contributed by atoms with Gasteiger partial charge >= 0.3 is 0 Å². The van der Waals surface area contributed by atoms with E-state index in [0.717, 1.165) is 61.4 Å². The standard InChI is InChI=1S/C25H31BN4O3/c26-30(17-18-4-6-23-24(16-18)33-15-14-32-23)19-8-10-28(11-9-19)12-13-29-22-3-1-2-21(27)20(22)5-7-25(29)31/h1-7,16,19H,8-15,17,26-27H2. The van der Waals surface area contributed by atoms with E-state index in [1.165, 1.54) is 5.56 Å². The third-order valence-electron chi connectivity index (χ3n) is 6.93. The van der Waals surface area contributed by atoms with E-state index in [2.05, 4.69) is 29.8 Å². The zero-order valence-corrected chi connectivity index (χ0v) is 19.2. The van der Waals surface area contributed by atoms with E-state index in [4.69, 9.17) is 15.2 Å². The first kappa shape index (κ1) is 21.9. The molecule has 0 radical (unpaired) electrons. The van der Waals surface area contributed by atoms with Crippen molar-refractivity contribution in [3.05, 3.63) is 64.4 Å². The van der Waals surface area contributed by atoms with Crippen LogP contribution in [0.3, 0.4) is 0 Å². The average Bonchev–Trinajstić information content (AvgIpc) is 2.84. The third kappa shape index (κ3) is 4.72. The Hall–Kier alpha value is -2.97. The van der Waals surface area contributed by atoms with Crippen LogP contribution in [0.2, 0.25) is 0 Å². The molecular formula is C25H31BN4O3. The maximum atomic E-state index is 12.5. The van der Waals surface area contributed by atoms with Crippen LogP contribution < -0.4 is 20.8 Å². The fourth-order valence-corrected chi connectivity index (χ4v) is 5.01. The molecule has 1 fully saturated rings. The number of hydrogen-bond acceptors (Lipinski definition) is 6. The highest BCUT2D eigenvalue weighted by Gasteiger charge is 2.23. The summed E-state index contributed by atoms with van der Waals surface area (Å²) in [5, 5.41) is 0.941. The molecule has 0 amide bonds. The summed E-state index contributed by atoms with van der Waals surface area (Å²) in [5.41, 5.74) is 9.01. The summed E-state index contributed by atoms with van der Waals surface area (Å²) < 4.78 is 13.2. The fourth-order valence-electron chi connectivity index (χ4n) is 5.01. The Labute approximate surface area is 195 Å². The van der Waals surface area contributed by atoms with Gasteiger partial charge in [0.25, 0.3) is 5.56 Å². The second-order valence-electron chi connectivity index (χ2n) is 9.07. The van der Waals surface area contributed by atoms with Gasteiger partial charge in [0.1, 0.15) is 13.2 Å². The second-order valence-corrected chi connectivity index (χ2v) is 9.07. The van der Waals surface area contributed by atoms with Gasteiger partial charge in [-0.3, -0.25) is 4.79 Å². The van der Waals surface area contributed by atoms with Crippen molar-refractivity contribution >= 4 is 24.6 Å². The summed E-state index contributed by atoms with van der Waals surface area (Å²) in [6, 6.07) is 16.0. The monoisotopic (exact) mass is 446 g/mol. The van der Waals surface area contributed by atoms with Crippen LogP contribution >= 0.6 is 0 Å². The number of anilines is 1. The quantitative estimate of drug-likeness (QED) is 0.461. The average molecular weight is 446 g/mol. The Balaban J connectivity index is 1.16. The fraction of sp³-hybridized carbons (Fsp3) is 0.400. The number of piperidine rings is 1. The molecule has 2 aromatic carbocycles. The van der Waals surface area contributed by atoms with E-state index in [1.807, 2.05) is 34.9 Å². The van der Waals surface area contributed by atoms with Crippen LogP contribution in [-0.4, -0.2) is 61.1 Å². The van der Waals surface area contributed by atoms with Crippen molar-refractivity contribution in [1.29, 1.82) is 0 Å². The van der Waals surface area contributed by atoms with Gasteiger partial charge in [-0.2, -0.15) is 0 Å². The van der Waals surface area contributed by atoms with Gasteiger partial charge in [-0.1, -0.05) is 12.1 Å². The van der Waals surface area contributed by atoms with Crippen LogP contribution in [0, 0.1) is 0 Å². The Morgan fingerprint density at radius 1 is 1.00 bits per heavy atom. The Bertz CT molecular complexity index is 1190. The molecule has 7 nitrogen and oxygen atoms in total. The number of pyridine rings is 1. The minimum absolute atomic E-state index is 0.0298. The number of ether oxygens (including phenoxy) is 2. The minimum atomic E-state index is 0.0298. The number of nitrogen functional groups attached to an aromatic ring is 1. The Morgan fingerprint density at radius 3 is 2.61 bits per heavy atom. The summed E-state index contributed by atoms with van der Waals surface area (Å²) in [4.78, 5) is 17.4. The first-order valence-corrected chi connectivity index (χ1v) is 11.8. The van der Waals surface area contributed by atoms with Crippen molar-refractivity contribution in [2.45, 2.75) is 32.0 Å². The smallest absolute Gasteiger partial charge is 0.251 e. The molecule has 2 aliphatic heterocycles. The van der Waals surface area contributed by atoms with Crippen LogP contribution in [0.4, 0.5) is 5.69 Å².